The van der Waals surface area contributed by atoms with Crippen LogP contribution in [-0.4, -0.2) is 43.9 Å². The van der Waals surface area contributed by atoms with E-state index in [1.54, 1.807) is 42.5 Å². The largest absolute Gasteiger partial charge is 0.352 e. The second-order valence-corrected chi connectivity index (χ2v) is 6.91. The maximum absolute atomic E-state index is 12.3. The van der Waals surface area contributed by atoms with Gasteiger partial charge in [0.25, 0.3) is 11.8 Å². The quantitative estimate of drug-likeness (QED) is 0.700. The van der Waals surface area contributed by atoms with Crippen LogP contribution in [0.5, 0.6) is 0 Å². The van der Waals surface area contributed by atoms with E-state index in [9.17, 15) is 9.59 Å². The van der Waals surface area contributed by atoms with Gasteiger partial charge in [0.2, 0.25) is 0 Å². The Balaban J connectivity index is 1.94. The molecule has 0 aliphatic heterocycles. The molecule has 0 aliphatic rings. The summed E-state index contributed by atoms with van der Waals surface area (Å²) < 4.78 is 0. The molecule has 26 heavy (non-hydrogen) atoms. The minimum Gasteiger partial charge on any atom is -0.352 e. The SMILES string of the molecule is CN(C)CCCNC(=O)c1ccc(C(=O)Nc2cc(Cl)ccc2Cl)cc1. The summed E-state index contributed by atoms with van der Waals surface area (Å²) in [5.74, 6) is -0.485. The molecule has 138 valence electrons. The van der Waals surface area contributed by atoms with E-state index in [-0.39, 0.29) is 11.8 Å². The van der Waals surface area contributed by atoms with Crippen LogP contribution < -0.4 is 10.6 Å². The van der Waals surface area contributed by atoms with Gasteiger partial charge in [-0.2, -0.15) is 0 Å². The third-order valence-corrected chi connectivity index (χ3v) is 4.22. The monoisotopic (exact) mass is 393 g/mol. The lowest BCUT2D eigenvalue weighted by Crippen LogP contribution is -2.27. The molecule has 0 saturated carbocycles. The number of benzene rings is 2. The third-order valence-electron chi connectivity index (χ3n) is 3.65. The van der Waals surface area contributed by atoms with Crippen LogP contribution in [0.25, 0.3) is 0 Å². The first-order valence-corrected chi connectivity index (χ1v) is 8.92. The zero-order valence-corrected chi connectivity index (χ0v) is 16.2. The van der Waals surface area contributed by atoms with Crippen molar-refractivity contribution in [1.29, 1.82) is 0 Å². The molecule has 0 saturated heterocycles. The summed E-state index contributed by atoms with van der Waals surface area (Å²) in [5, 5.41) is 6.44. The van der Waals surface area contributed by atoms with E-state index in [0.717, 1.165) is 13.0 Å². The number of hydrogen-bond acceptors (Lipinski definition) is 3. The zero-order valence-electron chi connectivity index (χ0n) is 14.7. The Morgan fingerprint density at radius 1 is 0.962 bits per heavy atom. The van der Waals surface area contributed by atoms with Crippen molar-refractivity contribution in [3.8, 4) is 0 Å². The van der Waals surface area contributed by atoms with Gasteiger partial charge in [-0.1, -0.05) is 23.2 Å². The van der Waals surface area contributed by atoms with Gasteiger partial charge in [0.1, 0.15) is 0 Å². The highest BCUT2D eigenvalue weighted by Crippen LogP contribution is 2.25. The summed E-state index contributed by atoms with van der Waals surface area (Å²) >= 11 is 12.0. The molecule has 7 heteroatoms. The first kappa shape index (κ1) is 20.2. The predicted octanol–water partition coefficient (Wildman–Crippen LogP) is 3.93. The maximum atomic E-state index is 12.3. The number of rotatable bonds is 7. The van der Waals surface area contributed by atoms with E-state index in [2.05, 4.69) is 15.5 Å². The van der Waals surface area contributed by atoms with Gasteiger partial charge >= 0.3 is 0 Å². The van der Waals surface area contributed by atoms with Crippen LogP contribution >= 0.6 is 23.2 Å². The van der Waals surface area contributed by atoms with Crippen LogP contribution in [-0.2, 0) is 0 Å². The molecule has 0 aromatic heterocycles. The normalized spacial score (nSPS) is 10.7. The number of carbonyl (C=O) groups excluding carboxylic acids is 2. The predicted molar refractivity (Wildman–Crippen MR) is 106 cm³/mol. The zero-order chi connectivity index (χ0) is 19.1. The lowest BCUT2D eigenvalue weighted by atomic mass is 10.1. The van der Waals surface area contributed by atoms with Crippen LogP contribution in [0, 0.1) is 0 Å². The smallest absolute Gasteiger partial charge is 0.255 e. The molecule has 5 nitrogen and oxygen atoms in total. The topological polar surface area (TPSA) is 61.4 Å². The van der Waals surface area contributed by atoms with Crippen LogP contribution in [0.4, 0.5) is 5.69 Å². The molecule has 0 unspecified atom stereocenters. The standard InChI is InChI=1S/C19H21Cl2N3O2/c1-24(2)11-3-10-22-18(25)13-4-6-14(7-5-13)19(26)23-17-12-15(20)8-9-16(17)21/h4-9,12H,3,10-11H2,1-2H3,(H,22,25)(H,23,26). The molecule has 0 bridgehead atoms. The molecule has 0 fully saturated rings. The first-order valence-electron chi connectivity index (χ1n) is 8.16. The van der Waals surface area contributed by atoms with Gasteiger partial charge in [-0.15, -0.1) is 0 Å². The van der Waals surface area contributed by atoms with Crippen molar-refractivity contribution in [3.05, 3.63) is 63.6 Å². The molecule has 0 aliphatic carbocycles. The van der Waals surface area contributed by atoms with Gasteiger partial charge in [0.15, 0.2) is 0 Å². The van der Waals surface area contributed by atoms with Crippen molar-refractivity contribution >= 4 is 40.7 Å². The van der Waals surface area contributed by atoms with E-state index < -0.39 is 0 Å². The number of nitrogens with one attached hydrogen (secondary N) is 2. The van der Waals surface area contributed by atoms with Gasteiger partial charge in [0, 0.05) is 22.7 Å². The second-order valence-electron chi connectivity index (χ2n) is 6.07. The molecular formula is C19H21Cl2N3O2. The molecule has 0 heterocycles. The molecule has 0 radical (unpaired) electrons. The Kier molecular flexibility index (Phi) is 7.45. The average Bonchev–Trinajstić information content (AvgIpc) is 2.61. The molecule has 0 atom stereocenters. The minimum absolute atomic E-state index is 0.159. The lowest BCUT2D eigenvalue weighted by molar-refractivity contribution is 0.0950. The molecule has 2 N–H and O–H groups in total. The van der Waals surface area contributed by atoms with Gasteiger partial charge in [-0.25, -0.2) is 0 Å². The number of halogens is 2. The summed E-state index contributed by atoms with van der Waals surface area (Å²) in [4.78, 5) is 26.5. The van der Waals surface area contributed by atoms with Crippen molar-refractivity contribution in [3.63, 3.8) is 0 Å². The Bertz CT molecular complexity index is 777. The van der Waals surface area contributed by atoms with E-state index in [1.165, 1.54) is 0 Å². The van der Waals surface area contributed by atoms with Crippen molar-refractivity contribution in [1.82, 2.24) is 10.2 Å². The van der Waals surface area contributed by atoms with Crippen LogP contribution in [0.3, 0.4) is 0 Å². The summed E-state index contributed by atoms with van der Waals surface area (Å²) in [6, 6.07) is 11.3. The number of carbonyl (C=O) groups is 2. The maximum Gasteiger partial charge on any atom is 0.255 e. The van der Waals surface area contributed by atoms with E-state index in [4.69, 9.17) is 23.2 Å². The van der Waals surface area contributed by atoms with Crippen molar-refractivity contribution in [2.45, 2.75) is 6.42 Å². The van der Waals surface area contributed by atoms with Crippen LogP contribution in [0.2, 0.25) is 10.0 Å². The van der Waals surface area contributed by atoms with E-state index in [1.807, 2.05) is 14.1 Å². The Hall–Kier alpha value is -2.08. The summed E-state index contributed by atoms with van der Waals surface area (Å²) in [6.07, 6.45) is 0.875. The average molecular weight is 394 g/mol. The fourth-order valence-electron chi connectivity index (χ4n) is 2.26. The number of hydrogen-bond donors (Lipinski definition) is 2. The van der Waals surface area contributed by atoms with Gasteiger partial charge < -0.3 is 15.5 Å². The third kappa shape index (κ3) is 6.02. The summed E-state index contributed by atoms with van der Waals surface area (Å²) in [5.41, 5.74) is 1.37. The fourth-order valence-corrected chi connectivity index (χ4v) is 2.60. The fraction of sp³-hybridized carbons (Fsp3) is 0.263. The summed E-state index contributed by atoms with van der Waals surface area (Å²) in [6.45, 7) is 1.51. The van der Waals surface area contributed by atoms with E-state index in [0.29, 0.717) is 33.4 Å². The van der Waals surface area contributed by atoms with Crippen molar-refractivity contribution in [2.24, 2.45) is 0 Å². The Morgan fingerprint density at radius 2 is 1.58 bits per heavy atom. The molecule has 0 spiro atoms. The van der Waals surface area contributed by atoms with Crippen LogP contribution in [0.15, 0.2) is 42.5 Å². The lowest BCUT2D eigenvalue weighted by Gasteiger charge is -2.10. The first-order chi connectivity index (χ1) is 12.4. The molecule has 2 amide bonds. The van der Waals surface area contributed by atoms with Crippen molar-refractivity contribution < 1.29 is 9.59 Å². The Morgan fingerprint density at radius 3 is 2.19 bits per heavy atom. The van der Waals surface area contributed by atoms with E-state index >= 15 is 0 Å². The van der Waals surface area contributed by atoms with Crippen molar-refractivity contribution in [2.75, 3.05) is 32.5 Å². The molecular weight excluding hydrogens is 373 g/mol. The highest BCUT2D eigenvalue weighted by Gasteiger charge is 2.11. The Labute approximate surface area is 163 Å². The van der Waals surface area contributed by atoms with Gasteiger partial charge in [-0.3, -0.25) is 9.59 Å². The molecule has 2 aromatic rings. The number of amides is 2. The number of anilines is 1. The summed E-state index contributed by atoms with van der Waals surface area (Å²) in [7, 11) is 3.98. The molecule has 2 rings (SSSR count). The van der Waals surface area contributed by atoms with Crippen LogP contribution in [0.1, 0.15) is 27.1 Å². The second kappa shape index (κ2) is 9.57. The highest BCUT2D eigenvalue weighted by atomic mass is 35.5. The van der Waals surface area contributed by atoms with Gasteiger partial charge in [0.05, 0.1) is 10.7 Å². The number of nitrogens with zero attached hydrogens (tertiary/aromatic N) is 1. The minimum atomic E-state index is -0.327. The van der Waals surface area contributed by atoms with Gasteiger partial charge in [-0.05, 0) is 69.5 Å². The highest BCUT2D eigenvalue weighted by molar-refractivity contribution is 6.35. The molecule has 2 aromatic carbocycles.